The molecule has 2 saturated heterocycles. The van der Waals surface area contributed by atoms with Crippen molar-refractivity contribution in [3.05, 3.63) is 0 Å². The highest BCUT2D eigenvalue weighted by Crippen LogP contribution is 2.29. The summed E-state index contributed by atoms with van der Waals surface area (Å²) in [6.07, 6.45) is 11.4. The lowest BCUT2D eigenvalue weighted by atomic mass is 9.94. The smallest absolute Gasteiger partial charge is 0.169 e. The molecule has 1 N–H and O–H groups in total. The van der Waals surface area contributed by atoms with Crippen LogP contribution in [0.25, 0.3) is 0 Å². The Balaban J connectivity index is 1.38. The summed E-state index contributed by atoms with van der Waals surface area (Å²) >= 11 is 5.57. The summed E-state index contributed by atoms with van der Waals surface area (Å²) < 4.78 is 0. The Morgan fingerprint density at radius 2 is 1.79 bits per heavy atom. The minimum atomic E-state index is 0.623. The maximum Gasteiger partial charge on any atom is 0.169 e. The molecule has 2 heterocycles. The van der Waals surface area contributed by atoms with Crippen molar-refractivity contribution >= 4 is 17.3 Å². The summed E-state index contributed by atoms with van der Waals surface area (Å²) in [5.74, 6) is 2.62. The van der Waals surface area contributed by atoms with Gasteiger partial charge in [-0.05, 0) is 75.3 Å². The van der Waals surface area contributed by atoms with Gasteiger partial charge in [-0.25, -0.2) is 0 Å². The Hall–Kier alpha value is -0.350. The van der Waals surface area contributed by atoms with Gasteiger partial charge in [0.15, 0.2) is 5.11 Å². The molecule has 24 heavy (non-hydrogen) atoms. The molecule has 1 atom stereocenters. The Labute approximate surface area is 154 Å². The van der Waals surface area contributed by atoms with Crippen LogP contribution in [0.4, 0.5) is 0 Å². The lowest BCUT2D eigenvalue weighted by molar-refractivity contribution is 0.150. The fraction of sp³-hybridized carbons (Fsp3) is 0.950. The molecule has 0 unspecified atom stereocenters. The molecule has 4 heteroatoms. The van der Waals surface area contributed by atoms with E-state index in [-0.39, 0.29) is 0 Å². The van der Waals surface area contributed by atoms with Crippen LogP contribution < -0.4 is 5.32 Å². The van der Waals surface area contributed by atoms with Crippen molar-refractivity contribution in [3.8, 4) is 0 Å². The van der Waals surface area contributed by atoms with Crippen molar-refractivity contribution < 1.29 is 0 Å². The average Bonchev–Trinajstić information content (AvgIpc) is 3.19. The van der Waals surface area contributed by atoms with Crippen LogP contribution in [0.2, 0.25) is 0 Å². The molecule has 3 fully saturated rings. The molecule has 0 radical (unpaired) electrons. The van der Waals surface area contributed by atoms with Crippen LogP contribution in [-0.4, -0.2) is 53.7 Å². The highest BCUT2D eigenvalue weighted by atomic mass is 32.1. The van der Waals surface area contributed by atoms with Gasteiger partial charge in [-0.2, -0.15) is 0 Å². The maximum absolute atomic E-state index is 5.57. The molecule has 0 aromatic rings. The monoisotopic (exact) mass is 351 g/mol. The third-order valence-corrected chi connectivity index (χ3v) is 6.80. The number of rotatable bonds is 7. The lowest BCUT2D eigenvalue weighted by Crippen LogP contribution is -2.43. The van der Waals surface area contributed by atoms with Crippen molar-refractivity contribution in [1.82, 2.24) is 15.1 Å². The fourth-order valence-corrected chi connectivity index (χ4v) is 5.21. The maximum atomic E-state index is 5.57. The van der Waals surface area contributed by atoms with E-state index in [9.17, 15) is 0 Å². The Bertz CT molecular complexity index is 398. The molecule has 1 aliphatic carbocycles. The third-order valence-electron chi connectivity index (χ3n) is 6.42. The molecule has 3 aliphatic rings. The van der Waals surface area contributed by atoms with Gasteiger partial charge < -0.3 is 15.1 Å². The summed E-state index contributed by atoms with van der Waals surface area (Å²) in [6, 6.07) is 0.623. The second-order valence-electron chi connectivity index (χ2n) is 8.85. The number of piperidine rings is 1. The van der Waals surface area contributed by atoms with Crippen LogP contribution in [0.3, 0.4) is 0 Å². The summed E-state index contributed by atoms with van der Waals surface area (Å²) in [6.45, 7) is 10.8. The molecule has 0 amide bonds. The van der Waals surface area contributed by atoms with Crippen molar-refractivity contribution in [2.45, 2.75) is 71.3 Å². The Morgan fingerprint density at radius 3 is 2.46 bits per heavy atom. The first-order valence-electron chi connectivity index (χ1n) is 10.4. The summed E-state index contributed by atoms with van der Waals surface area (Å²) in [5.41, 5.74) is 0. The summed E-state index contributed by atoms with van der Waals surface area (Å²) in [4.78, 5) is 5.23. The highest BCUT2D eigenvalue weighted by molar-refractivity contribution is 7.80. The van der Waals surface area contributed by atoms with Gasteiger partial charge in [-0.1, -0.05) is 39.5 Å². The zero-order valence-corrected chi connectivity index (χ0v) is 16.6. The van der Waals surface area contributed by atoms with Crippen molar-refractivity contribution in [3.63, 3.8) is 0 Å². The predicted octanol–water partition coefficient (Wildman–Crippen LogP) is 3.88. The van der Waals surface area contributed by atoms with Crippen LogP contribution in [0.1, 0.15) is 65.2 Å². The largest absolute Gasteiger partial charge is 0.360 e. The molecule has 3 rings (SSSR count). The molecule has 0 aromatic heterocycles. The van der Waals surface area contributed by atoms with E-state index < -0.39 is 0 Å². The van der Waals surface area contributed by atoms with Crippen molar-refractivity contribution in [1.29, 1.82) is 0 Å². The van der Waals surface area contributed by atoms with E-state index in [1.165, 1.54) is 77.5 Å². The molecular formula is C20H37N3S. The zero-order valence-electron chi connectivity index (χ0n) is 15.8. The first kappa shape index (κ1) is 18.4. The van der Waals surface area contributed by atoms with Gasteiger partial charge in [-0.3, -0.25) is 0 Å². The number of likely N-dealkylation sites (tertiary alicyclic amines) is 1. The number of hydrogen-bond donors (Lipinski definition) is 1. The topological polar surface area (TPSA) is 18.5 Å². The van der Waals surface area contributed by atoms with E-state index in [0.717, 1.165) is 29.4 Å². The van der Waals surface area contributed by atoms with E-state index in [0.29, 0.717) is 6.04 Å². The molecule has 1 saturated carbocycles. The molecule has 2 aliphatic heterocycles. The van der Waals surface area contributed by atoms with Crippen LogP contribution in [0.5, 0.6) is 0 Å². The van der Waals surface area contributed by atoms with E-state index in [1.54, 1.807) is 0 Å². The van der Waals surface area contributed by atoms with Gasteiger partial charge in [0.05, 0.1) is 0 Å². The SMILES string of the molecule is CC(C)C[C@H]1CNC(=S)N1CC1CCN(CCC2CCCC2)CC1. The minimum absolute atomic E-state index is 0.623. The van der Waals surface area contributed by atoms with Crippen LogP contribution in [0.15, 0.2) is 0 Å². The summed E-state index contributed by atoms with van der Waals surface area (Å²) in [5, 5.41) is 4.43. The van der Waals surface area contributed by atoms with Gasteiger partial charge in [0, 0.05) is 19.1 Å². The van der Waals surface area contributed by atoms with E-state index >= 15 is 0 Å². The Kier molecular flexibility index (Phi) is 6.79. The van der Waals surface area contributed by atoms with Crippen LogP contribution in [0, 0.1) is 17.8 Å². The first-order valence-corrected chi connectivity index (χ1v) is 10.8. The standard InChI is InChI=1S/C20H37N3S/c1-16(2)13-19-14-21-20(24)23(19)15-18-8-11-22(12-9-18)10-7-17-5-3-4-6-17/h16-19H,3-15H2,1-2H3,(H,21,24)/t19-/m0/s1. The molecule has 138 valence electrons. The zero-order chi connectivity index (χ0) is 16.9. The van der Waals surface area contributed by atoms with Crippen LogP contribution in [-0.2, 0) is 0 Å². The molecular weight excluding hydrogens is 314 g/mol. The van der Waals surface area contributed by atoms with E-state index in [4.69, 9.17) is 12.2 Å². The molecule has 0 bridgehead atoms. The van der Waals surface area contributed by atoms with Gasteiger partial charge in [0.1, 0.15) is 0 Å². The molecule has 0 aromatic carbocycles. The van der Waals surface area contributed by atoms with E-state index in [2.05, 4.69) is 29.0 Å². The summed E-state index contributed by atoms with van der Waals surface area (Å²) in [7, 11) is 0. The number of nitrogens with one attached hydrogen (secondary N) is 1. The van der Waals surface area contributed by atoms with Gasteiger partial charge in [0.25, 0.3) is 0 Å². The Morgan fingerprint density at radius 1 is 1.08 bits per heavy atom. The lowest BCUT2D eigenvalue weighted by Gasteiger charge is -2.36. The fourth-order valence-electron chi connectivity index (χ4n) is 4.90. The quantitative estimate of drug-likeness (QED) is 0.701. The van der Waals surface area contributed by atoms with Crippen molar-refractivity contribution in [2.75, 3.05) is 32.7 Å². The first-order chi connectivity index (χ1) is 11.6. The van der Waals surface area contributed by atoms with E-state index in [1.807, 2.05) is 0 Å². The number of nitrogens with zero attached hydrogens (tertiary/aromatic N) is 2. The number of thiocarbonyl (C=S) groups is 1. The van der Waals surface area contributed by atoms with Gasteiger partial charge in [-0.15, -0.1) is 0 Å². The number of hydrogen-bond acceptors (Lipinski definition) is 2. The normalized spacial score (nSPS) is 27.4. The average molecular weight is 352 g/mol. The highest BCUT2D eigenvalue weighted by Gasteiger charge is 2.31. The van der Waals surface area contributed by atoms with Crippen molar-refractivity contribution in [2.24, 2.45) is 17.8 Å². The third kappa shape index (κ3) is 5.08. The minimum Gasteiger partial charge on any atom is -0.360 e. The molecule has 0 spiro atoms. The molecule has 3 nitrogen and oxygen atoms in total. The van der Waals surface area contributed by atoms with Gasteiger partial charge in [0.2, 0.25) is 0 Å². The van der Waals surface area contributed by atoms with Crippen LogP contribution >= 0.6 is 12.2 Å². The van der Waals surface area contributed by atoms with Gasteiger partial charge >= 0.3 is 0 Å². The second-order valence-corrected chi connectivity index (χ2v) is 9.23. The second kappa shape index (κ2) is 8.84. The predicted molar refractivity (Wildman–Crippen MR) is 106 cm³/mol.